The summed E-state index contributed by atoms with van der Waals surface area (Å²) in [6.45, 7) is 0. The van der Waals surface area contributed by atoms with Crippen LogP contribution in [0, 0.1) is 0 Å². The Hall–Kier alpha value is -2.11. The number of halogens is 1. The number of rotatable bonds is 2. The lowest BCUT2D eigenvalue weighted by atomic mass is 10.0. The van der Waals surface area contributed by atoms with Crippen molar-refractivity contribution < 1.29 is 9.90 Å². The van der Waals surface area contributed by atoms with Crippen molar-refractivity contribution in [2.75, 3.05) is 0 Å². The molecule has 0 unspecified atom stereocenters. The quantitative estimate of drug-likeness (QED) is 0.584. The monoisotopic (exact) mass is 330 g/mol. The van der Waals surface area contributed by atoms with Crippen LogP contribution in [0.1, 0.15) is 21.5 Å². The second-order valence-corrected chi connectivity index (χ2v) is 5.29. The average Bonchev–Trinajstić information content (AvgIpc) is 2.72. The number of hydrogen-bond acceptors (Lipinski definition) is 4. The molecule has 1 aliphatic carbocycles. The average molecular weight is 331 g/mol. The van der Waals surface area contributed by atoms with E-state index in [2.05, 4.69) is 21.4 Å². The maximum absolute atomic E-state index is 12.6. The number of phenols is 1. The molecule has 0 heterocycles. The minimum absolute atomic E-state index is 0.0573. The number of allylic oxidation sites excluding steroid dienone is 1. The molecule has 0 aromatic heterocycles. The molecule has 4 nitrogen and oxygen atoms in total. The van der Waals surface area contributed by atoms with Gasteiger partial charge in [0.25, 0.3) is 0 Å². The Morgan fingerprint density at radius 2 is 1.80 bits per heavy atom. The summed E-state index contributed by atoms with van der Waals surface area (Å²) in [5, 5.41) is 9.55. The van der Waals surface area contributed by atoms with Crippen molar-refractivity contribution in [1.29, 1.82) is 0 Å². The molecule has 0 spiro atoms. The van der Waals surface area contributed by atoms with E-state index in [1.165, 1.54) is 12.1 Å². The van der Waals surface area contributed by atoms with E-state index in [0.717, 1.165) is 10.0 Å². The Labute approximate surface area is 124 Å². The van der Waals surface area contributed by atoms with Crippen LogP contribution in [0.3, 0.4) is 0 Å². The normalized spacial score (nSPS) is 13.6. The van der Waals surface area contributed by atoms with Gasteiger partial charge in [0.1, 0.15) is 5.75 Å². The van der Waals surface area contributed by atoms with Crippen LogP contribution in [0.25, 0.3) is 11.3 Å². The number of phenolic OH excluding ortho intramolecular Hbond substituents is 1. The summed E-state index contributed by atoms with van der Waals surface area (Å²) >= 11 is 3.45. The molecule has 0 fully saturated rings. The zero-order chi connectivity index (χ0) is 14.3. The van der Waals surface area contributed by atoms with Gasteiger partial charge in [-0.05, 0) is 24.3 Å². The largest absolute Gasteiger partial charge is 0.508 e. The third-order valence-electron chi connectivity index (χ3n) is 3.28. The van der Waals surface area contributed by atoms with Crippen LogP contribution < -0.4 is 11.3 Å². The first-order chi connectivity index (χ1) is 9.63. The lowest BCUT2D eigenvalue weighted by molar-refractivity contribution is 0.105. The molecule has 2 aromatic carbocycles. The number of carbonyl (C=O) groups is 1. The fourth-order valence-corrected chi connectivity index (χ4v) is 2.87. The van der Waals surface area contributed by atoms with E-state index >= 15 is 0 Å². The van der Waals surface area contributed by atoms with Crippen LogP contribution in [-0.2, 0) is 0 Å². The predicted molar refractivity (Wildman–Crippen MR) is 80.7 cm³/mol. The van der Waals surface area contributed by atoms with Crippen LogP contribution in [0.15, 0.2) is 46.9 Å². The van der Waals surface area contributed by atoms with Gasteiger partial charge in [-0.3, -0.25) is 10.6 Å². The number of hydrogen-bond donors (Lipinski definition) is 3. The van der Waals surface area contributed by atoms with Crippen LogP contribution in [0.4, 0.5) is 0 Å². The van der Waals surface area contributed by atoms with E-state index < -0.39 is 0 Å². The van der Waals surface area contributed by atoms with Gasteiger partial charge in [-0.15, -0.1) is 0 Å². The Balaban J connectivity index is 2.26. The van der Waals surface area contributed by atoms with Crippen molar-refractivity contribution in [3.8, 4) is 5.75 Å². The Morgan fingerprint density at radius 1 is 1.05 bits per heavy atom. The molecule has 0 aliphatic heterocycles. The minimum Gasteiger partial charge on any atom is -0.508 e. The molecule has 3 rings (SSSR count). The summed E-state index contributed by atoms with van der Waals surface area (Å²) in [6.07, 6.45) is 0. The number of carbonyl (C=O) groups excluding carboxylic acids is 1. The van der Waals surface area contributed by atoms with Crippen LogP contribution in [0.5, 0.6) is 5.75 Å². The van der Waals surface area contributed by atoms with Crippen LogP contribution >= 0.6 is 15.9 Å². The van der Waals surface area contributed by atoms with E-state index in [-0.39, 0.29) is 11.5 Å². The number of ketones is 1. The molecular formula is C15H11BrN2O2. The molecule has 0 bridgehead atoms. The van der Waals surface area contributed by atoms with Crippen molar-refractivity contribution in [2.45, 2.75) is 0 Å². The molecule has 0 atom stereocenters. The van der Waals surface area contributed by atoms with Gasteiger partial charge in [-0.25, -0.2) is 0 Å². The maximum atomic E-state index is 12.6. The third kappa shape index (κ3) is 1.83. The standard InChI is InChI=1S/C15H11BrN2O2/c16-12-4-2-1-3-10(12)13-14(18-17)9-6-5-8(19)7-11(9)15(13)20/h1-7,18-19H,17H2. The lowest BCUT2D eigenvalue weighted by Crippen LogP contribution is -2.20. The van der Waals surface area contributed by atoms with Crippen molar-refractivity contribution >= 4 is 33.0 Å². The zero-order valence-corrected chi connectivity index (χ0v) is 11.9. The molecule has 0 radical (unpaired) electrons. The van der Waals surface area contributed by atoms with E-state index in [1.54, 1.807) is 6.07 Å². The predicted octanol–water partition coefficient (Wildman–Crippen LogP) is 2.68. The van der Waals surface area contributed by atoms with Crippen LogP contribution in [-0.4, -0.2) is 10.9 Å². The van der Waals surface area contributed by atoms with E-state index in [9.17, 15) is 9.90 Å². The van der Waals surface area contributed by atoms with Crippen molar-refractivity contribution in [1.82, 2.24) is 5.43 Å². The summed E-state index contributed by atoms with van der Waals surface area (Å²) in [4.78, 5) is 12.6. The van der Waals surface area contributed by atoms with Crippen molar-refractivity contribution in [3.05, 3.63) is 63.6 Å². The smallest absolute Gasteiger partial charge is 0.196 e. The van der Waals surface area contributed by atoms with Gasteiger partial charge in [-0.1, -0.05) is 34.1 Å². The SMILES string of the molecule is NNC1=C(c2ccccc2Br)C(=O)c2cc(O)ccc21. The molecule has 2 aromatic rings. The van der Waals surface area contributed by atoms with E-state index in [4.69, 9.17) is 5.84 Å². The first-order valence-electron chi connectivity index (χ1n) is 5.97. The topological polar surface area (TPSA) is 75.3 Å². The molecular weight excluding hydrogens is 320 g/mol. The highest BCUT2D eigenvalue weighted by Crippen LogP contribution is 2.39. The molecule has 0 amide bonds. The Bertz CT molecular complexity index is 753. The number of nitrogens with one attached hydrogen (secondary N) is 1. The number of benzene rings is 2. The van der Waals surface area contributed by atoms with E-state index in [1.807, 2.05) is 24.3 Å². The summed E-state index contributed by atoms with van der Waals surface area (Å²) in [5.41, 5.74) is 5.58. The highest BCUT2D eigenvalue weighted by molar-refractivity contribution is 9.10. The zero-order valence-electron chi connectivity index (χ0n) is 10.4. The van der Waals surface area contributed by atoms with Gasteiger partial charge < -0.3 is 10.5 Å². The van der Waals surface area contributed by atoms with Gasteiger partial charge in [-0.2, -0.15) is 0 Å². The van der Waals surface area contributed by atoms with Crippen molar-refractivity contribution in [2.24, 2.45) is 5.84 Å². The number of fused-ring (bicyclic) bond motifs is 1. The second-order valence-electron chi connectivity index (χ2n) is 4.43. The summed E-state index contributed by atoms with van der Waals surface area (Å²) in [6, 6.07) is 12.1. The Morgan fingerprint density at radius 3 is 2.50 bits per heavy atom. The van der Waals surface area contributed by atoms with Crippen molar-refractivity contribution in [3.63, 3.8) is 0 Å². The molecule has 4 N–H and O–H groups in total. The van der Waals surface area contributed by atoms with Gasteiger partial charge in [0.05, 0.1) is 11.3 Å². The molecule has 100 valence electrons. The third-order valence-corrected chi connectivity index (χ3v) is 3.97. The highest BCUT2D eigenvalue weighted by Gasteiger charge is 2.31. The first kappa shape index (κ1) is 12.9. The molecule has 20 heavy (non-hydrogen) atoms. The van der Waals surface area contributed by atoms with Gasteiger partial charge in [0, 0.05) is 21.2 Å². The number of aromatic hydroxyl groups is 1. The maximum Gasteiger partial charge on any atom is 0.196 e. The summed E-state index contributed by atoms with van der Waals surface area (Å²) in [5.74, 6) is 5.49. The Kier molecular flexibility index (Phi) is 3.08. The fourth-order valence-electron chi connectivity index (χ4n) is 2.39. The molecule has 5 heteroatoms. The minimum atomic E-state index is -0.157. The van der Waals surface area contributed by atoms with E-state index in [0.29, 0.717) is 22.4 Å². The van der Waals surface area contributed by atoms with Gasteiger partial charge in [0.15, 0.2) is 5.78 Å². The second kappa shape index (κ2) is 4.77. The summed E-state index contributed by atoms with van der Waals surface area (Å²) in [7, 11) is 0. The molecule has 1 aliphatic rings. The number of hydrazine groups is 1. The molecule has 0 saturated carbocycles. The number of nitrogens with two attached hydrogens (primary N) is 1. The van der Waals surface area contributed by atoms with Crippen LogP contribution in [0.2, 0.25) is 0 Å². The number of Topliss-reactive ketones (excluding diaryl/α,β-unsaturated/α-hetero) is 1. The fraction of sp³-hybridized carbons (Fsp3) is 0. The molecule has 0 saturated heterocycles. The lowest BCUT2D eigenvalue weighted by Gasteiger charge is -2.08. The summed E-state index contributed by atoms with van der Waals surface area (Å²) < 4.78 is 0.813. The van der Waals surface area contributed by atoms with Gasteiger partial charge in [0.2, 0.25) is 0 Å². The van der Waals surface area contributed by atoms with Gasteiger partial charge >= 0.3 is 0 Å². The highest BCUT2D eigenvalue weighted by atomic mass is 79.9. The first-order valence-corrected chi connectivity index (χ1v) is 6.76.